The van der Waals surface area contributed by atoms with E-state index >= 15 is 4.39 Å². The molecule has 0 saturated carbocycles. The van der Waals surface area contributed by atoms with Crippen LogP contribution in [-0.4, -0.2) is 44.4 Å². The first-order chi connectivity index (χ1) is 14.5. The summed E-state index contributed by atoms with van der Waals surface area (Å²) in [7, 11) is -4.37. The van der Waals surface area contributed by atoms with Crippen molar-refractivity contribution >= 4 is 19.4 Å². The van der Waals surface area contributed by atoms with Gasteiger partial charge in [0.25, 0.3) is 11.4 Å². The summed E-state index contributed by atoms with van der Waals surface area (Å²) in [6.45, 7) is -1.52. The third kappa shape index (κ3) is 3.83. The zero-order valence-corrected chi connectivity index (χ0v) is 16.5. The molecule has 0 spiro atoms. The average Bonchev–Trinajstić information content (AvgIpc) is 2.88. The largest absolute Gasteiger partial charge is 0.530 e. The van der Waals surface area contributed by atoms with Gasteiger partial charge in [-0.25, -0.2) is 13.8 Å². The molecule has 2 aliphatic rings. The monoisotopic (exact) mass is 465 g/mol. The number of rotatable bonds is 4. The number of nitrogens with one attached hydrogen (secondary N) is 1. The van der Waals surface area contributed by atoms with E-state index < -0.39 is 49.9 Å². The van der Waals surface area contributed by atoms with Crippen LogP contribution in [-0.2, 0) is 25.0 Å². The lowest BCUT2D eigenvalue weighted by atomic mass is 10.1. The molecule has 4 rings (SSSR count). The van der Waals surface area contributed by atoms with Gasteiger partial charge in [-0.15, -0.1) is 0 Å². The van der Waals surface area contributed by atoms with Crippen LogP contribution in [0, 0.1) is 0 Å². The second kappa shape index (κ2) is 7.57. The molecule has 11 nitrogen and oxygen atoms in total. The molecule has 1 unspecified atom stereocenters. The van der Waals surface area contributed by atoms with Crippen molar-refractivity contribution in [3.8, 4) is 5.75 Å². The van der Waals surface area contributed by atoms with Crippen molar-refractivity contribution in [3.63, 3.8) is 0 Å². The summed E-state index contributed by atoms with van der Waals surface area (Å²) in [6.07, 6.45) is -6.77. The van der Waals surface area contributed by atoms with Crippen molar-refractivity contribution in [3.05, 3.63) is 61.9 Å². The van der Waals surface area contributed by atoms with E-state index in [2.05, 4.69) is 0 Å². The molecule has 1 saturated heterocycles. The van der Waals surface area contributed by atoms with E-state index in [1.54, 1.807) is 0 Å². The van der Waals surface area contributed by atoms with Gasteiger partial charge in [-0.3, -0.25) is 23.4 Å². The minimum absolute atomic E-state index is 0.120. The predicted molar refractivity (Wildman–Crippen MR) is 97.7 cm³/mol. The number of hydrogen-bond acceptors (Lipinski definition) is 9. The summed E-state index contributed by atoms with van der Waals surface area (Å²) in [5, 5.41) is 20.7. The number of hydrogen-bond donors (Lipinski definition) is 3. The second-order valence-corrected chi connectivity index (χ2v) is 8.46. The zero-order valence-electron chi connectivity index (χ0n) is 15.9. The van der Waals surface area contributed by atoms with Gasteiger partial charge in [0, 0.05) is 22.8 Å². The third-order valence-corrected chi connectivity index (χ3v) is 5.91. The number of nitrogens with zero attached hydrogens (tertiary/aromatic N) is 1. The molecule has 2 aromatic rings. The number of phosphoric acid groups is 1. The summed E-state index contributed by atoms with van der Waals surface area (Å²) in [6, 6.07) is 5.21. The van der Waals surface area contributed by atoms with Crippen LogP contribution in [0.2, 0.25) is 5.02 Å². The lowest BCUT2D eigenvalue weighted by Gasteiger charge is -2.28. The minimum atomic E-state index is -4.37. The van der Waals surface area contributed by atoms with Gasteiger partial charge >= 0.3 is 13.5 Å². The first-order valence-corrected chi connectivity index (χ1v) is 10.2. The zero-order chi connectivity index (χ0) is 22.6. The summed E-state index contributed by atoms with van der Waals surface area (Å²) >= 11 is 5.85. The van der Waals surface area contributed by atoms with Gasteiger partial charge in [0.15, 0.2) is 6.20 Å². The SMILES string of the molecule is [2H][C@@]1(n2ccc(=O)[nH]c2=O)O[C@](F)(COP2(=O)OCc3cc(Cl)ccc3O2)[C@@H](O)[C@H]1O. The van der Waals surface area contributed by atoms with Crippen molar-refractivity contribution < 1.29 is 38.8 Å². The van der Waals surface area contributed by atoms with Crippen molar-refractivity contribution in [1.29, 1.82) is 0 Å². The first-order valence-electron chi connectivity index (χ1n) is 8.91. The number of halogens is 2. The summed E-state index contributed by atoms with van der Waals surface area (Å²) in [5.41, 5.74) is -1.53. The average molecular weight is 466 g/mol. The van der Waals surface area contributed by atoms with Gasteiger partial charge < -0.3 is 19.5 Å². The number of ether oxygens (including phenoxy) is 1. The second-order valence-electron chi connectivity index (χ2n) is 6.43. The maximum Gasteiger partial charge on any atom is 0.530 e. The minimum Gasteiger partial charge on any atom is -0.404 e. The van der Waals surface area contributed by atoms with E-state index in [-0.39, 0.29) is 12.4 Å². The van der Waals surface area contributed by atoms with E-state index in [0.29, 0.717) is 15.2 Å². The van der Waals surface area contributed by atoms with Gasteiger partial charge in [0.1, 0.15) is 24.6 Å². The Morgan fingerprint density at radius 1 is 1.43 bits per heavy atom. The molecule has 3 heterocycles. The highest BCUT2D eigenvalue weighted by atomic mass is 35.5. The van der Waals surface area contributed by atoms with Crippen LogP contribution in [0.3, 0.4) is 0 Å². The fraction of sp³-hybridized carbons (Fsp3) is 0.375. The predicted octanol–water partition coefficient (Wildman–Crippen LogP) is 0.840. The Kier molecular flexibility index (Phi) is 5.02. The van der Waals surface area contributed by atoms with Crippen LogP contribution in [0.1, 0.15) is 13.1 Å². The molecule has 3 N–H and O–H groups in total. The van der Waals surface area contributed by atoms with Gasteiger partial charge in [-0.05, 0) is 18.2 Å². The lowest BCUT2D eigenvalue weighted by molar-refractivity contribution is -0.205. The van der Waals surface area contributed by atoms with E-state index in [1.165, 1.54) is 18.2 Å². The Morgan fingerprint density at radius 3 is 2.93 bits per heavy atom. The smallest absolute Gasteiger partial charge is 0.404 e. The fourth-order valence-electron chi connectivity index (χ4n) is 2.84. The lowest BCUT2D eigenvalue weighted by Crippen LogP contribution is -2.43. The number of aliphatic hydroxyl groups excluding tert-OH is 2. The van der Waals surface area contributed by atoms with Crippen LogP contribution in [0.25, 0.3) is 0 Å². The molecule has 5 atom stereocenters. The molecular weight excluding hydrogens is 450 g/mol. The molecule has 1 aromatic heterocycles. The standard InChI is InChI=1S/C16H15ClFN2O9P/c17-9-1-2-10-8(5-9)6-26-30(25,29-10)27-7-16(18)13(23)12(22)14(28-16)20-4-3-11(21)19-15(20)24/h1-5,12-14,22-23H,6-7H2,(H,19,21,24)/t12-,13+,14-,16-,30?/m1/s1/i14D. The van der Waals surface area contributed by atoms with Crippen LogP contribution in [0.5, 0.6) is 5.75 Å². The summed E-state index contributed by atoms with van der Waals surface area (Å²) in [5.74, 6) is -3.17. The number of aromatic nitrogens is 2. The van der Waals surface area contributed by atoms with E-state index in [1.807, 2.05) is 4.98 Å². The Hall–Kier alpha value is -2.05. The maximum absolute atomic E-state index is 15.3. The van der Waals surface area contributed by atoms with E-state index in [4.69, 9.17) is 31.3 Å². The Morgan fingerprint density at radius 2 is 2.20 bits per heavy atom. The Labute approximate surface area is 173 Å². The summed E-state index contributed by atoms with van der Waals surface area (Å²) < 4.78 is 56.5. The number of H-pyrrole nitrogens is 1. The van der Waals surface area contributed by atoms with E-state index in [9.17, 15) is 24.4 Å². The van der Waals surface area contributed by atoms with Gasteiger partial charge in [-0.2, -0.15) is 0 Å². The number of fused-ring (bicyclic) bond motifs is 1. The topological polar surface area (TPSA) is 149 Å². The van der Waals surface area contributed by atoms with Crippen LogP contribution < -0.4 is 15.8 Å². The van der Waals surface area contributed by atoms with Crippen molar-refractivity contribution in [2.45, 2.75) is 30.9 Å². The molecule has 0 radical (unpaired) electrons. The molecule has 14 heteroatoms. The fourth-order valence-corrected chi connectivity index (χ4v) is 4.26. The van der Waals surface area contributed by atoms with Crippen LogP contribution >= 0.6 is 19.4 Å². The van der Waals surface area contributed by atoms with E-state index in [0.717, 1.165) is 12.3 Å². The van der Waals surface area contributed by atoms with Gasteiger partial charge in [0.05, 0.1) is 7.98 Å². The Bertz CT molecular complexity index is 1190. The number of alkyl halides is 1. The number of aliphatic hydroxyl groups is 2. The van der Waals surface area contributed by atoms with Crippen LogP contribution in [0.4, 0.5) is 4.39 Å². The third-order valence-electron chi connectivity index (χ3n) is 4.36. The quantitative estimate of drug-likeness (QED) is 0.558. The van der Waals surface area contributed by atoms with Gasteiger partial charge in [-0.1, -0.05) is 11.6 Å². The molecule has 1 aromatic carbocycles. The molecule has 30 heavy (non-hydrogen) atoms. The molecule has 1 fully saturated rings. The molecule has 0 aliphatic carbocycles. The molecule has 0 amide bonds. The molecule has 162 valence electrons. The molecule has 0 bridgehead atoms. The maximum atomic E-state index is 15.3. The highest BCUT2D eigenvalue weighted by Gasteiger charge is 2.57. The highest BCUT2D eigenvalue weighted by molar-refractivity contribution is 7.49. The Balaban J connectivity index is 1.55. The van der Waals surface area contributed by atoms with Gasteiger partial charge in [0.2, 0.25) is 0 Å². The molecule has 2 aliphatic heterocycles. The molecular formula is C16H15ClFN2O9P. The number of phosphoric ester groups is 1. The highest BCUT2D eigenvalue weighted by Crippen LogP contribution is 2.55. The summed E-state index contributed by atoms with van der Waals surface area (Å²) in [4.78, 5) is 25.0. The normalized spacial score (nSPS) is 36.1. The number of benzene rings is 1. The first kappa shape index (κ1) is 19.9. The van der Waals surface area contributed by atoms with Crippen LogP contribution in [0.15, 0.2) is 40.1 Å². The van der Waals surface area contributed by atoms with Crippen molar-refractivity contribution in [2.75, 3.05) is 6.61 Å². The van der Waals surface area contributed by atoms with Crippen molar-refractivity contribution in [2.24, 2.45) is 0 Å². The van der Waals surface area contributed by atoms with Crippen molar-refractivity contribution in [1.82, 2.24) is 9.55 Å². The number of aromatic amines is 1.